The summed E-state index contributed by atoms with van der Waals surface area (Å²) in [7, 11) is -4.11. The molecule has 0 radical (unpaired) electrons. The van der Waals surface area contributed by atoms with Crippen LogP contribution < -0.4 is 14.8 Å². The molecule has 1 fully saturated rings. The van der Waals surface area contributed by atoms with E-state index >= 15 is 0 Å². The second-order valence-electron chi connectivity index (χ2n) is 7.27. The first kappa shape index (κ1) is 24.5. The molecule has 1 aliphatic rings. The lowest BCUT2D eigenvalue weighted by Crippen LogP contribution is -2.19. The molecule has 0 spiro atoms. The monoisotopic (exact) mass is 527 g/mol. The fourth-order valence-electron chi connectivity index (χ4n) is 3.00. The van der Waals surface area contributed by atoms with Crippen LogP contribution in [0.4, 0.5) is 11.4 Å². The predicted octanol–water partition coefficient (Wildman–Crippen LogP) is 4.96. The number of halogens is 1. The molecule has 0 unspecified atom stereocenters. The molecule has 35 heavy (non-hydrogen) atoms. The number of carbonyl (C=O) groups is 2. The van der Waals surface area contributed by atoms with E-state index in [1.54, 1.807) is 42.5 Å². The molecule has 2 amide bonds. The van der Waals surface area contributed by atoms with Crippen LogP contribution in [0.1, 0.15) is 12.5 Å². The van der Waals surface area contributed by atoms with E-state index in [9.17, 15) is 18.0 Å². The predicted molar refractivity (Wildman–Crippen MR) is 137 cm³/mol. The van der Waals surface area contributed by atoms with Crippen molar-refractivity contribution < 1.29 is 22.2 Å². The zero-order chi connectivity index (χ0) is 25.0. The first-order valence-electron chi connectivity index (χ1n) is 10.2. The van der Waals surface area contributed by atoms with Gasteiger partial charge in [-0.15, -0.1) is 0 Å². The van der Waals surface area contributed by atoms with Gasteiger partial charge >= 0.3 is 10.1 Å². The van der Waals surface area contributed by atoms with Crippen LogP contribution in [0.5, 0.6) is 5.75 Å². The molecular formula is C24H18ClN3O5S2. The molecule has 3 aromatic rings. The van der Waals surface area contributed by atoms with Crippen LogP contribution in [-0.4, -0.2) is 25.4 Å². The summed E-state index contributed by atoms with van der Waals surface area (Å²) in [5.41, 5.74) is 1.68. The molecule has 0 bridgehead atoms. The van der Waals surface area contributed by atoms with Gasteiger partial charge in [0.25, 0.3) is 5.91 Å². The molecule has 1 saturated heterocycles. The van der Waals surface area contributed by atoms with Crippen molar-refractivity contribution in [1.82, 2.24) is 5.32 Å². The average molecular weight is 528 g/mol. The van der Waals surface area contributed by atoms with E-state index in [2.05, 4.69) is 15.6 Å². The van der Waals surface area contributed by atoms with Gasteiger partial charge in [0.15, 0.2) is 5.17 Å². The van der Waals surface area contributed by atoms with Crippen molar-refractivity contribution in [3.05, 3.63) is 88.3 Å². The Morgan fingerprint density at radius 2 is 1.80 bits per heavy atom. The zero-order valence-corrected chi connectivity index (χ0v) is 20.6. The molecule has 0 aromatic heterocycles. The summed E-state index contributed by atoms with van der Waals surface area (Å²) in [4.78, 5) is 28.2. The van der Waals surface area contributed by atoms with Crippen molar-refractivity contribution in [2.24, 2.45) is 4.99 Å². The quantitative estimate of drug-likeness (QED) is 0.346. The number of rotatable bonds is 6. The number of amidine groups is 1. The number of benzene rings is 3. The molecule has 4 rings (SSSR count). The second kappa shape index (κ2) is 10.3. The van der Waals surface area contributed by atoms with E-state index in [1.165, 1.54) is 43.3 Å². The lowest BCUT2D eigenvalue weighted by atomic mass is 10.2. The van der Waals surface area contributed by atoms with E-state index in [4.69, 9.17) is 15.8 Å². The summed E-state index contributed by atoms with van der Waals surface area (Å²) < 4.78 is 30.6. The standard InChI is InChI=1S/C24H18ClN3O5S2/c1-15(29)26-18-9-11-21(12-10-18)35(31,32)33-20-4-2-3-16(13-20)14-22-23(30)28-24(34-22)27-19-7-5-17(25)6-8-19/h2-14H,1H3,(H,26,29)(H,27,28,30). The number of nitrogens with one attached hydrogen (secondary N) is 2. The van der Waals surface area contributed by atoms with E-state index in [0.29, 0.717) is 32.0 Å². The fourth-order valence-corrected chi connectivity index (χ4v) is 4.89. The van der Waals surface area contributed by atoms with Crippen molar-refractivity contribution >= 4 is 67.9 Å². The summed E-state index contributed by atoms with van der Waals surface area (Å²) in [5, 5.41) is 6.27. The van der Waals surface area contributed by atoms with Gasteiger partial charge in [-0.1, -0.05) is 23.7 Å². The Morgan fingerprint density at radius 3 is 2.49 bits per heavy atom. The number of thioether (sulfide) groups is 1. The maximum Gasteiger partial charge on any atom is 0.339 e. The van der Waals surface area contributed by atoms with E-state index in [1.807, 2.05) is 0 Å². The van der Waals surface area contributed by atoms with E-state index in [0.717, 1.165) is 11.8 Å². The second-order valence-corrected chi connectivity index (χ2v) is 10.3. The Bertz CT molecular complexity index is 1450. The van der Waals surface area contributed by atoms with Crippen LogP contribution in [0.25, 0.3) is 6.08 Å². The van der Waals surface area contributed by atoms with Gasteiger partial charge in [-0.25, -0.2) is 4.99 Å². The minimum Gasteiger partial charge on any atom is -0.379 e. The molecule has 1 heterocycles. The Kier molecular flexibility index (Phi) is 7.25. The fraction of sp³-hybridized carbons (Fsp3) is 0.0417. The Hall–Kier alpha value is -3.60. The maximum atomic E-state index is 12.7. The lowest BCUT2D eigenvalue weighted by molar-refractivity contribution is -0.115. The van der Waals surface area contributed by atoms with Gasteiger partial charge in [-0.2, -0.15) is 8.42 Å². The number of hydrogen-bond donors (Lipinski definition) is 2. The van der Waals surface area contributed by atoms with Crippen LogP contribution in [0, 0.1) is 0 Å². The van der Waals surface area contributed by atoms with Crippen molar-refractivity contribution in [3.63, 3.8) is 0 Å². The van der Waals surface area contributed by atoms with Gasteiger partial charge in [0.2, 0.25) is 5.91 Å². The maximum absolute atomic E-state index is 12.7. The molecule has 0 atom stereocenters. The lowest BCUT2D eigenvalue weighted by Gasteiger charge is -2.09. The van der Waals surface area contributed by atoms with Gasteiger partial charge < -0.3 is 14.8 Å². The first-order chi connectivity index (χ1) is 16.7. The van der Waals surface area contributed by atoms with E-state index in [-0.39, 0.29) is 22.5 Å². The van der Waals surface area contributed by atoms with Gasteiger partial charge in [-0.3, -0.25) is 9.59 Å². The molecule has 178 valence electrons. The number of hydrogen-bond acceptors (Lipinski definition) is 7. The number of aliphatic imine (C=N–C) groups is 1. The smallest absolute Gasteiger partial charge is 0.339 e. The Labute approximate surface area is 211 Å². The highest BCUT2D eigenvalue weighted by Crippen LogP contribution is 2.29. The highest BCUT2D eigenvalue weighted by atomic mass is 35.5. The Morgan fingerprint density at radius 1 is 1.09 bits per heavy atom. The molecule has 0 saturated carbocycles. The van der Waals surface area contributed by atoms with Crippen molar-refractivity contribution in [1.29, 1.82) is 0 Å². The van der Waals surface area contributed by atoms with Gasteiger partial charge in [0.1, 0.15) is 10.6 Å². The van der Waals surface area contributed by atoms with Crippen molar-refractivity contribution in [2.75, 3.05) is 5.32 Å². The molecule has 3 aromatic carbocycles. The Balaban J connectivity index is 1.49. The minimum absolute atomic E-state index is 0.0656. The van der Waals surface area contributed by atoms with E-state index < -0.39 is 10.1 Å². The molecular weight excluding hydrogens is 510 g/mol. The molecule has 11 heteroatoms. The summed E-state index contributed by atoms with van der Waals surface area (Å²) >= 11 is 7.04. The topological polar surface area (TPSA) is 114 Å². The third-order valence-corrected chi connectivity index (χ3v) is 6.96. The third kappa shape index (κ3) is 6.50. The average Bonchev–Trinajstić information content (AvgIpc) is 3.13. The van der Waals surface area contributed by atoms with Gasteiger partial charge in [-0.05, 0) is 84.1 Å². The van der Waals surface area contributed by atoms with Crippen LogP contribution >= 0.6 is 23.4 Å². The third-order valence-electron chi connectivity index (χ3n) is 4.53. The number of nitrogens with zero attached hydrogens (tertiary/aromatic N) is 1. The summed E-state index contributed by atoms with van der Waals surface area (Å²) in [6.07, 6.45) is 1.62. The summed E-state index contributed by atoms with van der Waals surface area (Å²) in [6, 6.07) is 18.9. The van der Waals surface area contributed by atoms with Crippen molar-refractivity contribution in [3.8, 4) is 5.75 Å². The van der Waals surface area contributed by atoms with Crippen LogP contribution in [0.15, 0.2) is 87.6 Å². The van der Waals surface area contributed by atoms with Crippen molar-refractivity contribution in [2.45, 2.75) is 11.8 Å². The largest absolute Gasteiger partial charge is 0.379 e. The highest BCUT2D eigenvalue weighted by Gasteiger charge is 2.24. The zero-order valence-electron chi connectivity index (χ0n) is 18.2. The molecule has 0 aliphatic carbocycles. The highest BCUT2D eigenvalue weighted by molar-refractivity contribution is 8.18. The SMILES string of the molecule is CC(=O)Nc1ccc(S(=O)(=O)Oc2cccc(C=C3SC(=Nc4ccc(Cl)cc4)NC3=O)c2)cc1. The molecule has 1 aliphatic heterocycles. The molecule has 8 nitrogen and oxygen atoms in total. The van der Waals surface area contributed by atoms with Gasteiger partial charge in [0, 0.05) is 17.6 Å². The number of anilines is 1. The first-order valence-corrected chi connectivity index (χ1v) is 12.8. The van der Waals surface area contributed by atoms with Crippen LogP contribution in [0.2, 0.25) is 5.02 Å². The normalized spacial score (nSPS) is 15.8. The number of amides is 2. The minimum atomic E-state index is -4.11. The molecule has 2 N–H and O–H groups in total. The number of carbonyl (C=O) groups excluding carboxylic acids is 2. The van der Waals surface area contributed by atoms with Gasteiger partial charge in [0.05, 0.1) is 10.6 Å². The summed E-state index contributed by atoms with van der Waals surface area (Å²) in [5.74, 6) is -0.495. The summed E-state index contributed by atoms with van der Waals surface area (Å²) in [6.45, 7) is 1.36. The van der Waals surface area contributed by atoms with Crippen LogP contribution in [-0.2, 0) is 19.7 Å². The van der Waals surface area contributed by atoms with Crippen LogP contribution in [0.3, 0.4) is 0 Å².